The summed E-state index contributed by atoms with van der Waals surface area (Å²) in [5.74, 6) is 1.35. The van der Waals surface area contributed by atoms with Crippen molar-refractivity contribution in [2.75, 3.05) is 26.1 Å². The number of ether oxygens (including phenoxy) is 2. The van der Waals surface area contributed by atoms with E-state index in [0.29, 0.717) is 16.6 Å². The van der Waals surface area contributed by atoms with Crippen molar-refractivity contribution in [1.29, 1.82) is 0 Å². The van der Waals surface area contributed by atoms with E-state index in [0.717, 1.165) is 25.2 Å². The van der Waals surface area contributed by atoms with Crippen LogP contribution in [0.1, 0.15) is 6.42 Å². The van der Waals surface area contributed by atoms with Crippen molar-refractivity contribution in [2.45, 2.75) is 13.0 Å². The summed E-state index contributed by atoms with van der Waals surface area (Å²) in [6.07, 6.45) is 4.66. The molecule has 0 amide bonds. The maximum absolute atomic E-state index is 5.27. The Morgan fingerprint density at radius 1 is 1.27 bits per heavy atom. The zero-order valence-electron chi connectivity index (χ0n) is 12.7. The lowest BCUT2D eigenvalue weighted by Crippen LogP contribution is -2.29. The van der Waals surface area contributed by atoms with Crippen molar-refractivity contribution in [3.05, 3.63) is 36.7 Å². The summed E-state index contributed by atoms with van der Waals surface area (Å²) in [6.45, 7) is 1.64. The molecule has 0 saturated carbocycles. The van der Waals surface area contributed by atoms with Crippen LogP contribution in [0.5, 0.6) is 11.5 Å². The molecule has 1 heterocycles. The van der Waals surface area contributed by atoms with Crippen LogP contribution in [0.4, 0.5) is 5.69 Å². The molecule has 2 aromatic rings. The molecule has 0 unspecified atom stereocenters. The fourth-order valence-corrected chi connectivity index (χ4v) is 2.18. The predicted octanol–water partition coefficient (Wildman–Crippen LogP) is 2.28. The Bertz CT molecular complexity index is 602. The molecule has 0 aliphatic rings. The highest BCUT2D eigenvalue weighted by atomic mass is 32.1. The zero-order valence-corrected chi connectivity index (χ0v) is 13.5. The number of nitrogens with one attached hydrogen (secondary N) is 2. The van der Waals surface area contributed by atoms with Crippen molar-refractivity contribution < 1.29 is 9.47 Å². The molecule has 0 aliphatic carbocycles. The number of aryl methyl sites for hydroxylation is 1. The number of methoxy groups -OCH3 is 2. The number of nitrogens with zero attached hydrogens (tertiary/aromatic N) is 2. The van der Waals surface area contributed by atoms with Gasteiger partial charge in [-0.25, -0.2) is 0 Å². The molecule has 1 aromatic carbocycles. The van der Waals surface area contributed by atoms with Crippen molar-refractivity contribution in [3.63, 3.8) is 0 Å². The Hall–Kier alpha value is -2.28. The van der Waals surface area contributed by atoms with Gasteiger partial charge in [0.05, 0.1) is 14.2 Å². The average molecular weight is 320 g/mol. The average Bonchev–Trinajstić information content (AvgIpc) is 3.04. The third kappa shape index (κ3) is 4.63. The first-order chi connectivity index (χ1) is 10.7. The fraction of sp³-hybridized carbons (Fsp3) is 0.333. The molecular formula is C15H20N4O2S. The van der Waals surface area contributed by atoms with E-state index in [-0.39, 0.29) is 0 Å². The summed E-state index contributed by atoms with van der Waals surface area (Å²) in [7, 11) is 3.21. The minimum atomic E-state index is 0.577. The maximum Gasteiger partial charge on any atom is 0.170 e. The van der Waals surface area contributed by atoms with Crippen LogP contribution in [0.15, 0.2) is 36.7 Å². The molecule has 6 nitrogen and oxygen atoms in total. The second kappa shape index (κ2) is 8.23. The number of anilines is 1. The second-order valence-corrected chi connectivity index (χ2v) is 4.98. The van der Waals surface area contributed by atoms with Crippen LogP contribution < -0.4 is 20.1 Å². The van der Waals surface area contributed by atoms with Crippen molar-refractivity contribution in [1.82, 2.24) is 15.1 Å². The van der Waals surface area contributed by atoms with Crippen molar-refractivity contribution >= 4 is 23.0 Å². The molecule has 7 heteroatoms. The van der Waals surface area contributed by atoms with Crippen LogP contribution in [-0.4, -0.2) is 35.7 Å². The number of hydrogen-bond donors (Lipinski definition) is 2. The molecule has 0 bridgehead atoms. The van der Waals surface area contributed by atoms with Crippen LogP contribution in [0.2, 0.25) is 0 Å². The molecule has 0 atom stereocenters. The highest BCUT2D eigenvalue weighted by molar-refractivity contribution is 7.80. The second-order valence-electron chi connectivity index (χ2n) is 4.57. The Labute approximate surface area is 135 Å². The smallest absolute Gasteiger partial charge is 0.170 e. The Morgan fingerprint density at radius 2 is 2.09 bits per heavy atom. The van der Waals surface area contributed by atoms with E-state index < -0.39 is 0 Å². The summed E-state index contributed by atoms with van der Waals surface area (Å²) in [5.41, 5.74) is 0.849. The van der Waals surface area contributed by atoms with Crippen LogP contribution in [0, 0.1) is 0 Å². The first kappa shape index (κ1) is 16.1. The lowest BCUT2D eigenvalue weighted by Gasteiger charge is -2.13. The Morgan fingerprint density at radius 3 is 2.77 bits per heavy atom. The molecule has 1 aromatic heterocycles. The highest BCUT2D eigenvalue weighted by Gasteiger charge is 2.05. The van der Waals surface area contributed by atoms with E-state index in [1.54, 1.807) is 20.4 Å². The van der Waals surface area contributed by atoms with E-state index in [4.69, 9.17) is 21.7 Å². The SMILES string of the molecule is COc1ccc(NC(=S)NCCCn2cccn2)cc1OC. The van der Waals surface area contributed by atoms with Crippen LogP contribution in [-0.2, 0) is 6.54 Å². The van der Waals surface area contributed by atoms with Crippen LogP contribution >= 0.6 is 12.2 Å². The molecule has 0 spiro atoms. The lowest BCUT2D eigenvalue weighted by atomic mass is 10.3. The summed E-state index contributed by atoms with van der Waals surface area (Å²) >= 11 is 5.27. The van der Waals surface area contributed by atoms with Gasteiger partial charge in [-0.05, 0) is 36.8 Å². The standard InChI is InChI=1S/C15H20N4O2S/c1-20-13-6-5-12(11-14(13)21-2)18-15(22)16-7-3-9-19-10-4-8-17-19/h4-6,8,10-11H,3,7,9H2,1-2H3,(H2,16,18,22). The molecule has 0 radical (unpaired) electrons. The van der Waals surface area contributed by atoms with Gasteiger partial charge in [0.15, 0.2) is 16.6 Å². The largest absolute Gasteiger partial charge is 0.493 e. The fourth-order valence-electron chi connectivity index (χ4n) is 1.96. The Kier molecular flexibility index (Phi) is 6.02. The van der Waals surface area contributed by atoms with Crippen molar-refractivity contribution in [3.8, 4) is 11.5 Å². The van der Waals surface area contributed by atoms with Crippen molar-refractivity contribution in [2.24, 2.45) is 0 Å². The first-order valence-electron chi connectivity index (χ1n) is 6.97. The lowest BCUT2D eigenvalue weighted by molar-refractivity contribution is 0.355. The van der Waals surface area contributed by atoms with E-state index in [2.05, 4.69) is 15.7 Å². The number of benzene rings is 1. The molecule has 0 fully saturated rings. The molecule has 0 aliphatic heterocycles. The Balaban J connectivity index is 1.76. The number of aromatic nitrogens is 2. The summed E-state index contributed by atoms with van der Waals surface area (Å²) in [4.78, 5) is 0. The van der Waals surface area contributed by atoms with E-state index in [1.807, 2.05) is 35.1 Å². The van der Waals surface area contributed by atoms with Gasteiger partial charge in [0.25, 0.3) is 0 Å². The van der Waals surface area contributed by atoms with E-state index >= 15 is 0 Å². The van der Waals surface area contributed by atoms with Crippen LogP contribution in [0.3, 0.4) is 0 Å². The quantitative estimate of drug-likeness (QED) is 0.603. The molecule has 2 rings (SSSR count). The van der Waals surface area contributed by atoms with E-state index in [9.17, 15) is 0 Å². The van der Waals surface area contributed by atoms with Gasteiger partial charge in [0, 0.05) is 37.2 Å². The number of thiocarbonyl (C=S) groups is 1. The predicted molar refractivity (Wildman–Crippen MR) is 90.6 cm³/mol. The molecule has 2 N–H and O–H groups in total. The first-order valence-corrected chi connectivity index (χ1v) is 7.38. The molecule has 0 saturated heterocycles. The zero-order chi connectivity index (χ0) is 15.8. The van der Waals surface area contributed by atoms with Gasteiger partial charge < -0.3 is 20.1 Å². The normalized spacial score (nSPS) is 10.1. The number of hydrogen-bond acceptors (Lipinski definition) is 4. The topological polar surface area (TPSA) is 60.3 Å². The minimum Gasteiger partial charge on any atom is -0.493 e. The minimum absolute atomic E-state index is 0.577. The van der Waals surface area contributed by atoms with Gasteiger partial charge in [0.1, 0.15) is 0 Å². The molecule has 22 heavy (non-hydrogen) atoms. The van der Waals surface area contributed by atoms with Gasteiger partial charge in [0.2, 0.25) is 0 Å². The summed E-state index contributed by atoms with van der Waals surface area (Å²) in [6, 6.07) is 7.48. The summed E-state index contributed by atoms with van der Waals surface area (Å²) in [5, 5.41) is 11.0. The number of rotatable bonds is 7. The third-order valence-corrected chi connectivity index (χ3v) is 3.30. The monoisotopic (exact) mass is 320 g/mol. The van der Waals surface area contributed by atoms with Gasteiger partial charge in [-0.2, -0.15) is 5.10 Å². The highest BCUT2D eigenvalue weighted by Crippen LogP contribution is 2.29. The summed E-state index contributed by atoms with van der Waals surface area (Å²) < 4.78 is 12.4. The van der Waals surface area contributed by atoms with Gasteiger partial charge in [-0.1, -0.05) is 0 Å². The van der Waals surface area contributed by atoms with Gasteiger partial charge in [-0.15, -0.1) is 0 Å². The molecule has 118 valence electrons. The van der Waals surface area contributed by atoms with Gasteiger partial charge in [-0.3, -0.25) is 4.68 Å². The van der Waals surface area contributed by atoms with Gasteiger partial charge >= 0.3 is 0 Å². The van der Waals surface area contributed by atoms with E-state index in [1.165, 1.54) is 0 Å². The maximum atomic E-state index is 5.27. The molecular weight excluding hydrogens is 300 g/mol. The van der Waals surface area contributed by atoms with Crippen LogP contribution in [0.25, 0.3) is 0 Å². The third-order valence-electron chi connectivity index (χ3n) is 3.05.